The third-order valence-electron chi connectivity index (χ3n) is 16.5. The quantitative estimate of drug-likeness (QED) is 0.0856. The molecule has 4 aliphatic rings. The van der Waals surface area contributed by atoms with Gasteiger partial charge in [-0.3, -0.25) is 38.4 Å². The number of rotatable bonds is 19. The Kier molecular flexibility index (Phi) is 20.3. The van der Waals surface area contributed by atoms with E-state index in [4.69, 9.17) is 0 Å². The van der Waals surface area contributed by atoms with Crippen LogP contribution in [0.4, 0.5) is 5.69 Å². The maximum absolute atomic E-state index is 14.9. The molecule has 0 aromatic heterocycles. The van der Waals surface area contributed by atoms with Gasteiger partial charge in [-0.05, 0) is 131 Å². The third-order valence-corrected chi connectivity index (χ3v) is 19.8. The number of benzene rings is 3. The Morgan fingerprint density at radius 1 is 0.553 bits per heavy atom. The lowest BCUT2D eigenvalue weighted by Gasteiger charge is -2.36. The lowest BCUT2D eigenvalue weighted by Crippen LogP contribution is -2.59. The number of sulfonamides is 2. The summed E-state index contributed by atoms with van der Waals surface area (Å²) in [7, 11) is -6.14. The molecule has 85 heavy (non-hydrogen) atoms. The van der Waals surface area contributed by atoms with Gasteiger partial charge in [-0.1, -0.05) is 90.1 Å². The number of carbonyl (C=O) groups is 8. The fourth-order valence-corrected chi connectivity index (χ4v) is 14.7. The zero-order valence-electron chi connectivity index (χ0n) is 50.8. The maximum Gasteiger partial charge on any atom is 0.251 e. The topological polar surface area (TPSA) is 311 Å². The number of aryl methyl sites for hydroxylation is 2. The average molecular weight is 1220 g/mol. The van der Waals surface area contributed by atoms with Gasteiger partial charge in [-0.2, -0.15) is 3.71 Å². The number of amides is 8. The summed E-state index contributed by atoms with van der Waals surface area (Å²) < 4.78 is 53.5. The van der Waals surface area contributed by atoms with Gasteiger partial charge < -0.3 is 52.3 Å². The molecular weight excluding hydrogens is 1130 g/mol. The lowest BCUT2D eigenvalue weighted by atomic mass is 9.85. The standard InChI is InChI=1S/C60H85N11O12S2/c1-34(61-9)51(72)67-49(59(3,4)5)57(78)69-32-40(30-47(69)55(76)65-45-25-17-21-36-19-13-15-23-43(36)45)63-53(74)38-27-39(29-42(28-38)71(84(11,80)81)85(12,82)83)54(75)64-41-31-48(56(77)66-46-26-18-22-37-20-14-16-24-44(37)46)70(33-41)58(79)50(60(6,7)8)68-52(73)35(2)62-10/h13-16,19-20,23-24,27-29,34-35,40-41,45-50,61-62H,17-18,21-22,25-26,30-33H2,1-12H3,(H,63,74)(H,64,75)(H,65,76)(H,66,77)(H,67,72)(H,68,73)/t34-,35-,40-,41-,45+,46+,47-,48-,49+,50+/m0/s1. The monoisotopic (exact) mass is 1220 g/mol. The fraction of sp³-hybridized carbons (Fsp3) is 0.567. The Hall–Kier alpha value is -6.96. The van der Waals surface area contributed by atoms with Gasteiger partial charge in [-0.25, -0.2) is 16.8 Å². The molecule has 23 nitrogen and oxygen atoms in total. The second-order valence-corrected chi connectivity index (χ2v) is 29.2. The first-order valence-electron chi connectivity index (χ1n) is 29.0. The number of likely N-dealkylation sites (tertiary alicyclic amines) is 2. The highest BCUT2D eigenvalue weighted by Crippen LogP contribution is 2.35. The van der Waals surface area contributed by atoms with Crippen molar-refractivity contribution in [2.45, 2.75) is 167 Å². The molecule has 8 amide bonds. The zero-order chi connectivity index (χ0) is 62.7. The normalized spacial score (nSPS) is 22.1. The van der Waals surface area contributed by atoms with Gasteiger partial charge in [0.1, 0.15) is 24.2 Å². The van der Waals surface area contributed by atoms with Crippen molar-refractivity contribution in [2.75, 3.05) is 43.4 Å². The summed E-state index contributed by atoms with van der Waals surface area (Å²) in [4.78, 5) is 118. The molecule has 8 N–H and O–H groups in total. The molecule has 2 heterocycles. The molecule has 7 rings (SSSR count). The summed E-state index contributed by atoms with van der Waals surface area (Å²) in [5.41, 5.74) is 0.969. The van der Waals surface area contributed by atoms with E-state index in [-0.39, 0.29) is 52.9 Å². The van der Waals surface area contributed by atoms with Crippen LogP contribution in [0.1, 0.15) is 149 Å². The molecule has 464 valence electrons. The second kappa shape index (κ2) is 26.3. The van der Waals surface area contributed by atoms with Crippen molar-refractivity contribution in [1.29, 1.82) is 0 Å². The van der Waals surface area contributed by atoms with E-state index in [2.05, 4.69) is 42.5 Å². The van der Waals surface area contributed by atoms with Crippen molar-refractivity contribution in [3.8, 4) is 0 Å². The molecule has 2 fully saturated rings. The number of carbonyl (C=O) groups excluding carboxylic acids is 8. The molecule has 0 unspecified atom stereocenters. The van der Waals surface area contributed by atoms with Gasteiger partial charge in [-0.15, -0.1) is 0 Å². The van der Waals surface area contributed by atoms with Crippen LogP contribution in [-0.4, -0.2) is 162 Å². The first-order chi connectivity index (χ1) is 39.7. The SMILES string of the molecule is CN[C@@H](C)C(=O)N[C@H](C(=O)N1C[C@@H](NC(=O)c2cc(C(=O)N[C@H]3C[C@@H](C(=O)N[C@@H]4CCCc5ccccc54)N(C(=O)[C@@H](NC(=O)[C@H](C)NC)C(C)(C)C)C3)cc(N(S(C)(=O)=O)S(C)(=O)=O)c2)C[C@H]1C(=O)N[C@@H]1CCCc2ccccc21)C(C)(C)C. The van der Waals surface area contributed by atoms with Crippen LogP contribution in [0, 0.1) is 10.8 Å². The van der Waals surface area contributed by atoms with E-state index in [1.54, 1.807) is 69.5 Å². The van der Waals surface area contributed by atoms with E-state index in [1.165, 1.54) is 9.80 Å². The smallest absolute Gasteiger partial charge is 0.251 e. The Morgan fingerprint density at radius 3 is 1.26 bits per heavy atom. The Labute approximate surface area is 499 Å². The molecule has 3 aromatic rings. The molecule has 3 aromatic carbocycles. The van der Waals surface area contributed by atoms with E-state index in [0.29, 0.717) is 25.4 Å². The number of nitrogens with zero attached hydrogens (tertiary/aromatic N) is 3. The number of likely N-dealkylation sites (N-methyl/N-ethyl adjacent to an activating group) is 2. The second-order valence-electron chi connectivity index (χ2n) is 25.3. The van der Waals surface area contributed by atoms with Crippen LogP contribution >= 0.6 is 0 Å². The predicted octanol–water partition coefficient (Wildman–Crippen LogP) is 2.48. The van der Waals surface area contributed by atoms with Crippen LogP contribution in [0.5, 0.6) is 0 Å². The fourth-order valence-electron chi connectivity index (χ4n) is 11.8. The van der Waals surface area contributed by atoms with Crippen molar-refractivity contribution in [3.63, 3.8) is 0 Å². The van der Waals surface area contributed by atoms with Gasteiger partial charge in [0, 0.05) is 36.3 Å². The minimum Gasteiger partial charge on any atom is -0.347 e. The summed E-state index contributed by atoms with van der Waals surface area (Å²) in [6.07, 6.45) is 5.56. The number of hydrogen-bond acceptors (Lipinski definition) is 14. The largest absolute Gasteiger partial charge is 0.347 e. The van der Waals surface area contributed by atoms with Crippen LogP contribution in [-0.2, 0) is 61.7 Å². The highest BCUT2D eigenvalue weighted by molar-refractivity contribution is 8.09. The van der Waals surface area contributed by atoms with Gasteiger partial charge in [0.25, 0.3) is 11.8 Å². The number of nitrogens with one attached hydrogen (secondary N) is 8. The van der Waals surface area contributed by atoms with Crippen molar-refractivity contribution in [3.05, 3.63) is 100 Å². The molecule has 0 saturated carbocycles. The number of hydrogen-bond donors (Lipinski definition) is 8. The highest BCUT2D eigenvalue weighted by atomic mass is 32.3. The minimum absolute atomic E-state index is 0.0821. The molecule has 0 radical (unpaired) electrons. The first-order valence-corrected chi connectivity index (χ1v) is 32.7. The van der Waals surface area contributed by atoms with E-state index >= 15 is 0 Å². The summed E-state index contributed by atoms with van der Waals surface area (Å²) in [5.74, 6) is -4.95. The predicted molar refractivity (Wildman–Crippen MR) is 322 cm³/mol. The number of fused-ring (bicyclic) bond motifs is 2. The minimum atomic E-state index is -4.67. The van der Waals surface area contributed by atoms with Crippen LogP contribution < -0.4 is 46.2 Å². The highest BCUT2D eigenvalue weighted by Gasteiger charge is 2.48. The molecule has 25 heteroatoms. The van der Waals surface area contributed by atoms with E-state index in [1.807, 2.05) is 48.5 Å². The van der Waals surface area contributed by atoms with Crippen LogP contribution in [0.2, 0.25) is 0 Å². The molecule has 2 saturated heterocycles. The summed E-state index contributed by atoms with van der Waals surface area (Å²) in [6, 6.07) is 9.98. The zero-order valence-corrected chi connectivity index (χ0v) is 52.4. The van der Waals surface area contributed by atoms with Crippen molar-refractivity contribution >= 4 is 73.0 Å². The van der Waals surface area contributed by atoms with Gasteiger partial charge in [0.05, 0.1) is 42.4 Å². The molecular formula is C60H85N11O12S2. The van der Waals surface area contributed by atoms with Crippen molar-refractivity contribution < 1.29 is 55.2 Å². The molecule has 0 bridgehead atoms. The van der Waals surface area contributed by atoms with Crippen molar-refractivity contribution in [2.24, 2.45) is 10.8 Å². The van der Waals surface area contributed by atoms with Gasteiger partial charge in [0.15, 0.2) is 0 Å². The van der Waals surface area contributed by atoms with Crippen LogP contribution in [0.15, 0.2) is 66.7 Å². The third kappa shape index (κ3) is 15.5. The van der Waals surface area contributed by atoms with Crippen LogP contribution in [0.25, 0.3) is 0 Å². The summed E-state index contributed by atoms with van der Waals surface area (Å²) >= 11 is 0. The summed E-state index contributed by atoms with van der Waals surface area (Å²) in [6.45, 7) is 13.4. The Bertz CT molecular complexity index is 3080. The molecule has 2 aliphatic heterocycles. The number of anilines is 1. The van der Waals surface area contributed by atoms with Crippen molar-refractivity contribution in [1.82, 2.24) is 52.3 Å². The Morgan fingerprint density at radius 2 is 0.918 bits per heavy atom. The maximum atomic E-state index is 14.9. The Balaban J connectivity index is 1.21. The molecule has 2 aliphatic carbocycles. The summed E-state index contributed by atoms with van der Waals surface area (Å²) in [5, 5.41) is 23.4. The first kappa shape index (κ1) is 65.6. The van der Waals surface area contributed by atoms with Gasteiger partial charge >= 0.3 is 0 Å². The average Bonchev–Trinajstić information content (AvgIpc) is 3.23. The van der Waals surface area contributed by atoms with E-state index in [9.17, 15) is 55.2 Å². The van der Waals surface area contributed by atoms with E-state index in [0.717, 1.165) is 66.1 Å². The van der Waals surface area contributed by atoms with Crippen LogP contribution in [0.3, 0.4) is 0 Å². The molecule has 10 atom stereocenters. The lowest BCUT2D eigenvalue weighted by molar-refractivity contribution is -0.144. The molecule has 0 spiro atoms. The van der Waals surface area contributed by atoms with E-state index < -0.39 is 132 Å². The van der Waals surface area contributed by atoms with Gasteiger partial charge in [0.2, 0.25) is 55.5 Å².